The molecule has 35 heavy (non-hydrogen) atoms. The second kappa shape index (κ2) is 7.96. The minimum atomic E-state index is -2.62. The third kappa shape index (κ3) is 3.69. The summed E-state index contributed by atoms with van der Waals surface area (Å²) in [6, 6.07) is 9.91. The highest BCUT2D eigenvalue weighted by molar-refractivity contribution is 5.97. The van der Waals surface area contributed by atoms with E-state index in [-0.39, 0.29) is 24.7 Å². The van der Waals surface area contributed by atoms with Crippen LogP contribution in [-0.4, -0.2) is 47.6 Å². The Labute approximate surface area is 201 Å². The normalized spacial score (nSPS) is 17.4. The SMILES string of the molecule is CCC(=O)N1CCn2c(C3CC(F)(F)C3)nc(-c3cccc4cc(-c5ccn(C)n5)ncc34)c2C1. The van der Waals surface area contributed by atoms with Crippen LogP contribution >= 0.6 is 0 Å². The summed E-state index contributed by atoms with van der Waals surface area (Å²) in [5.74, 6) is -2.10. The van der Waals surface area contributed by atoms with Gasteiger partial charge in [-0.1, -0.05) is 25.1 Å². The van der Waals surface area contributed by atoms with E-state index < -0.39 is 5.92 Å². The van der Waals surface area contributed by atoms with Gasteiger partial charge >= 0.3 is 0 Å². The number of halogens is 2. The van der Waals surface area contributed by atoms with E-state index >= 15 is 0 Å². The number of carbonyl (C=O) groups excluding carboxylic acids is 1. The highest BCUT2D eigenvalue weighted by Gasteiger charge is 2.48. The number of imidazole rings is 1. The van der Waals surface area contributed by atoms with Crippen molar-refractivity contribution in [3.63, 3.8) is 0 Å². The third-order valence-corrected chi connectivity index (χ3v) is 7.14. The molecule has 4 aromatic rings. The molecule has 0 radical (unpaired) electrons. The summed E-state index contributed by atoms with van der Waals surface area (Å²) in [5.41, 5.74) is 4.13. The highest BCUT2D eigenvalue weighted by Crippen LogP contribution is 2.49. The van der Waals surface area contributed by atoms with Crippen LogP contribution in [0.15, 0.2) is 42.7 Å². The van der Waals surface area contributed by atoms with Gasteiger partial charge in [-0.2, -0.15) is 5.10 Å². The van der Waals surface area contributed by atoms with Crippen molar-refractivity contribution in [3.8, 4) is 22.6 Å². The van der Waals surface area contributed by atoms with Crippen molar-refractivity contribution in [1.82, 2.24) is 29.2 Å². The molecular formula is C26H26F2N6O. The summed E-state index contributed by atoms with van der Waals surface area (Å²) >= 11 is 0. The van der Waals surface area contributed by atoms with Gasteiger partial charge in [0.2, 0.25) is 11.8 Å². The molecule has 0 bridgehead atoms. The Bertz CT molecular complexity index is 1450. The van der Waals surface area contributed by atoms with Crippen LogP contribution < -0.4 is 0 Å². The number of hydrogen-bond donors (Lipinski definition) is 0. The van der Waals surface area contributed by atoms with E-state index in [1.54, 1.807) is 4.68 Å². The molecule has 0 unspecified atom stereocenters. The number of aryl methyl sites for hydroxylation is 1. The first-order chi connectivity index (χ1) is 16.8. The Kier molecular flexibility index (Phi) is 4.98. The molecule has 1 aromatic carbocycles. The standard InChI is InChI=1S/C26H26F2N6O/c1-3-23(35)33-9-10-34-22(15-33)24(30-25(34)17-12-26(27,28)13-17)18-6-4-5-16-11-21(29-14-19(16)18)20-7-8-32(2)31-20/h4-8,11,14,17H,3,9-10,12-13,15H2,1-2H3. The lowest BCUT2D eigenvalue weighted by molar-refractivity contribution is -0.132. The lowest BCUT2D eigenvalue weighted by Gasteiger charge is -2.36. The summed E-state index contributed by atoms with van der Waals surface area (Å²) in [6.07, 6.45) is 3.79. The van der Waals surface area contributed by atoms with Gasteiger partial charge in [0.15, 0.2) is 0 Å². The summed E-state index contributed by atoms with van der Waals surface area (Å²) in [5, 5.41) is 6.37. The molecule has 9 heteroatoms. The quantitative estimate of drug-likeness (QED) is 0.426. The Morgan fingerprint density at radius 2 is 2.00 bits per heavy atom. The first-order valence-corrected chi connectivity index (χ1v) is 12.0. The van der Waals surface area contributed by atoms with E-state index in [0.717, 1.165) is 39.1 Å². The zero-order valence-corrected chi connectivity index (χ0v) is 19.7. The Morgan fingerprint density at radius 3 is 2.71 bits per heavy atom. The van der Waals surface area contributed by atoms with Crippen LogP contribution in [0.25, 0.3) is 33.4 Å². The minimum absolute atomic E-state index is 0.0831. The highest BCUT2D eigenvalue weighted by atomic mass is 19.3. The van der Waals surface area contributed by atoms with E-state index in [9.17, 15) is 13.6 Å². The smallest absolute Gasteiger partial charge is 0.249 e. The predicted octanol–water partition coefficient (Wildman–Crippen LogP) is 4.76. The van der Waals surface area contributed by atoms with Gasteiger partial charge in [-0.05, 0) is 17.5 Å². The molecule has 0 saturated heterocycles. The van der Waals surface area contributed by atoms with Gasteiger partial charge < -0.3 is 9.47 Å². The van der Waals surface area contributed by atoms with Gasteiger partial charge in [-0.15, -0.1) is 0 Å². The molecule has 1 saturated carbocycles. The second-order valence-electron chi connectivity index (χ2n) is 9.52. The Balaban J connectivity index is 1.47. The molecule has 7 nitrogen and oxygen atoms in total. The molecular weight excluding hydrogens is 450 g/mol. The van der Waals surface area contributed by atoms with Gasteiger partial charge in [0.05, 0.1) is 23.6 Å². The van der Waals surface area contributed by atoms with E-state index in [1.807, 2.05) is 61.6 Å². The average molecular weight is 477 g/mol. The molecule has 180 valence electrons. The molecule has 3 aromatic heterocycles. The van der Waals surface area contributed by atoms with Crippen molar-refractivity contribution in [1.29, 1.82) is 0 Å². The number of pyridine rings is 1. The maximum Gasteiger partial charge on any atom is 0.249 e. The molecule has 6 rings (SSSR count). The number of aromatic nitrogens is 5. The van der Waals surface area contributed by atoms with Crippen LogP contribution in [0.4, 0.5) is 8.78 Å². The summed E-state index contributed by atoms with van der Waals surface area (Å²) in [6.45, 7) is 3.41. The number of rotatable bonds is 4. The molecule has 0 atom stereocenters. The number of carbonyl (C=O) groups is 1. The fourth-order valence-electron chi connectivity index (χ4n) is 5.27. The minimum Gasteiger partial charge on any atom is -0.335 e. The molecule has 4 heterocycles. The number of nitrogens with zero attached hydrogens (tertiary/aromatic N) is 6. The van der Waals surface area contributed by atoms with Gasteiger partial charge in [-0.25, -0.2) is 13.8 Å². The second-order valence-corrected chi connectivity index (χ2v) is 9.52. The summed E-state index contributed by atoms with van der Waals surface area (Å²) in [7, 11) is 1.87. The van der Waals surface area contributed by atoms with Gasteiger partial charge in [0.25, 0.3) is 0 Å². The van der Waals surface area contributed by atoms with Crippen molar-refractivity contribution < 1.29 is 13.6 Å². The van der Waals surface area contributed by atoms with Gasteiger partial charge in [0, 0.05) is 68.7 Å². The first kappa shape index (κ1) is 21.9. The Morgan fingerprint density at radius 1 is 1.17 bits per heavy atom. The number of hydrogen-bond acceptors (Lipinski definition) is 4. The van der Waals surface area contributed by atoms with E-state index in [2.05, 4.69) is 14.6 Å². The van der Waals surface area contributed by atoms with Crippen LogP contribution in [0.2, 0.25) is 0 Å². The lowest BCUT2D eigenvalue weighted by atomic mass is 9.80. The summed E-state index contributed by atoms with van der Waals surface area (Å²) < 4.78 is 31.3. The maximum absolute atomic E-state index is 13.7. The molecule has 2 aliphatic rings. The van der Waals surface area contributed by atoms with Crippen molar-refractivity contribution in [2.24, 2.45) is 7.05 Å². The van der Waals surface area contributed by atoms with Crippen molar-refractivity contribution in [2.75, 3.05) is 6.54 Å². The molecule has 1 amide bonds. The van der Waals surface area contributed by atoms with Crippen LogP contribution in [0.5, 0.6) is 0 Å². The van der Waals surface area contributed by atoms with Crippen molar-refractivity contribution >= 4 is 16.7 Å². The molecule has 0 spiro atoms. The van der Waals surface area contributed by atoms with Crippen LogP contribution in [0.3, 0.4) is 0 Å². The number of alkyl halides is 2. The van der Waals surface area contributed by atoms with Crippen LogP contribution in [-0.2, 0) is 24.9 Å². The lowest BCUT2D eigenvalue weighted by Crippen LogP contribution is -2.40. The fraction of sp³-hybridized carbons (Fsp3) is 0.385. The number of fused-ring (bicyclic) bond motifs is 2. The zero-order valence-electron chi connectivity index (χ0n) is 19.7. The van der Waals surface area contributed by atoms with Crippen molar-refractivity contribution in [2.45, 2.75) is 51.1 Å². The summed E-state index contributed by atoms with van der Waals surface area (Å²) in [4.78, 5) is 23.9. The average Bonchev–Trinajstić information content (AvgIpc) is 3.44. The van der Waals surface area contributed by atoms with Crippen LogP contribution in [0, 0.1) is 0 Å². The van der Waals surface area contributed by atoms with Crippen LogP contribution in [0.1, 0.15) is 43.6 Å². The fourth-order valence-corrected chi connectivity index (χ4v) is 5.27. The topological polar surface area (TPSA) is 68.8 Å². The predicted molar refractivity (Wildman–Crippen MR) is 128 cm³/mol. The maximum atomic E-state index is 13.7. The largest absolute Gasteiger partial charge is 0.335 e. The zero-order chi connectivity index (χ0) is 24.3. The molecule has 1 fully saturated rings. The van der Waals surface area contributed by atoms with E-state index in [0.29, 0.717) is 31.9 Å². The van der Waals surface area contributed by atoms with Gasteiger partial charge in [-0.3, -0.25) is 14.5 Å². The molecule has 1 aliphatic carbocycles. The number of amides is 1. The van der Waals surface area contributed by atoms with E-state index in [1.165, 1.54) is 0 Å². The first-order valence-electron chi connectivity index (χ1n) is 12.0. The Hall–Kier alpha value is -3.62. The van der Waals surface area contributed by atoms with Gasteiger partial charge in [0.1, 0.15) is 11.5 Å². The molecule has 1 aliphatic heterocycles. The molecule has 0 N–H and O–H groups in total. The number of benzene rings is 1. The van der Waals surface area contributed by atoms with E-state index in [4.69, 9.17) is 4.98 Å². The van der Waals surface area contributed by atoms with Crippen molar-refractivity contribution in [3.05, 3.63) is 54.2 Å². The third-order valence-electron chi connectivity index (χ3n) is 7.14. The monoisotopic (exact) mass is 476 g/mol.